The molecule has 0 saturated heterocycles. The van der Waals surface area contributed by atoms with Gasteiger partial charge in [-0.2, -0.15) is 4.31 Å². The quantitative estimate of drug-likeness (QED) is 0.783. The maximum atomic E-state index is 13.0. The van der Waals surface area contributed by atoms with Crippen LogP contribution in [0.2, 0.25) is 0 Å². The standard InChI is InChI=1S/C21H26N2O3S/c1-22(18-11-5-3-6-12-18)21(24)17-10-9-15-20(16-17)27(25,26)23(2)19-13-7-4-8-14-19/h3,5-6,9-12,15-16,19H,4,7-8,13-14H2,1-2H3. The fourth-order valence-corrected chi connectivity index (χ4v) is 5.02. The third-order valence-corrected chi connectivity index (χ3v) is 7.20. The highest BCUT2D eigenvalue weighted by atomic mass is 32.2. The van der Waals surface area contributed by atoms with Gasteiger partial charge in [-0.05, 0) is 43.2 Å². The molecule has 1 amide bonds. The summed E-state index contributed by atoms with van der Waals surface area (Å²) in [4.78, 5) is 14.5. The molecule has 0 bridgehead atoms. The van der Waals surface area contributed by atoms with E-state index in [0.29, 0.717) is 5.56 Å². The van der Waals surface area contributed by atoms with Crippen molar-refractivity contribution in [1.82, 2.24) is 4.31 Å². The molecule has 0 spiro atoms. The van der Waals surface area contributed by atoms with Crippen molar-refractivity contribution in [2.45, 2.75) is 43.0 Å². The third-order valence-electron chi connectivity index (χ3n) is 5.30. The highest BCUT2D eigenvalue weighted by molar-refractivity contribution is 7.89. The maximum Gasteiger partial charge on any atom is 0.258 e. The Labute approximate surface area is 161 Å². The monoisotopic (exact) mass is 386 g/mol. The fraction of sp³-hybridized carbons (Fsp3) is 0.381. The number of rotatable bonds is 5. The van der Waals surface area contributed by atoms with Crippen molar-refractivity contribution in [1.29, 1.82) is 0 Å². The summed E-state index contributed by atoms with van der Waals surface area (Å²) in [6.07, 6.45) is 5.08. The predicted octanol–water partition coefficient (Wildman–Crippen LogP) is 3.92. The molecule has 1 aliphatic rings. The van der Waals surface area contributed by atoms with Gasteiger partial charge in [0.25, 0.3) is 5.91 Å². The molecule has 2 aromatic carbocycles. The van der Waals surface area contributed by atoms with Crippen molar-refractivity contribution in [3.05, 3.63) is 60.2 Å². The van der Waals surface area contributed by atoms with Crippen molar-refractivity contribution < 1.29 is 13.2 Å². The molecule has 1 fully saturated rings. The maximum absolute atomic E-state index is 13.0. The van der Waals surface area contributed by atoms with Gasteiger partial charge in [-0.3, -0.25) is 4.79 Å². The Morgan fingerprint density at radius 2 is 1.59 bits per heavy atom. The molecule has 144 valence electrons. The van der Waals surface area contributed by atoms with Crippen LogP contribution in [0.3, 0.4) is 0 Å². The average Bonchev–Trinajstić information content (AvgIpc) is 2.73. The number of sulfonamides is 1. The van der Waals surface area contributed by atoms with E-state index < -0.39 is 10.0 Å². The Bertz CT molecular complexity index is 891. The van der Waals surface area contributed by atoms with E-state index in [9.17, 15) is 13.2 Å². The van der Waals surface area contributed by atoms with Crippen LogP contribution in [0.4, 0.5) is 5.69 Å². The minimum Gasteiger partial charge on any atom is -0.311 e. The number of carbonyl (C=O) groups excluding carboxylic acids is 1. The number of para-hydroxylation sites is 1. The zero-order valence-corrected chi connectivity index (χ0v) is 16.7. The van der Waals surface area contributed by atoms with Crippen LogP contribution in [0.25, 0.3) is 0 Å². The van der Waals surface area contributed by atoms with Crippen molar-refractivity contribution in [3.8, 4) is 0 Å². The van der Waals surface area contributed by atoms with Crippen LogP contribution >= 0.6 is 0 Å². The minimum atomic E-state index is -3.62. The first-order chi connectivity index (χ1) is 12.9. The second-order valence-corrected chi connectivity index (χ2v) is 9.04. The van der Waals surface area contributed by atoms with E-state index >= 15 is 0 Å². The predicted molar refractivity (Wildman–Crippen MR) is 107 cm³/mol. The number of amides is 1. The number of anilines is 1. The average molecular weight is 387 g/mol. The molecule has 0 unspecified atom stereocenters. The molecule has 1 saturated carbocycles. The van der Waals surface area contributed by atoms with Crippen LogP contribution in [0.5, 0.6) is 0 Å². The molecule has 0 N–H and O–H groups in total. The van der Waals surface area contributed by atoms with Gasteiger partial charge in [0.15, 0.2) is 0 Å². The van der Waals surface area contributed by atoms with Gasteiger partial charge in [-0.25, -0.2) is 8.42 Å². The zero-order chi connectivity index (χ0) is 19.4. The topological polar surface area (TPSA) is 57.7 Å². The highest BCUT2D eigenvalue weighted by Crippen LogP contribution is 2.27. The molecule has 0 atom stereocenters. The zero-order valence-electron chi connectivity index (χ0n) is 15.8. The molecule has 0 radical (unpaired) electrons. The number of hydrogen-bond acceptors (Lipinski definition) is 3. The smallest absolute Gasteiger partial charge is 0.258 e. The fourth-order valence-electron chi connectivity index (χ4n) is 3.56. The number of hydrogen-bond donors (Lipinski definition) is 0. The summed E-state index contributed by atoms with van der Waals surface area (Å²) in [7, 11) is -0.286. The number of benzene rings is 2. The molecule has 0 aromatic heterocycles. The van der Waals surface area contributed by atoms with Gasteiger partial charge in [0.05, 0.1) is 4.90 Å². The molecule has 5 nitrogen and oxygen atoms in total. The Morgan fingerprint density at radius 3 is 2.26 bits per heavy atom. The lowest BCUT2D eigenvalue weighted by Crippen LogP contribution is -2.38. The first-order valence-corrected chi connectivity index (χ1v) is 10.8. The third kappa shape index (κ3) is 4.22. The van der Waals surface area contributed by atoms with Crippen molar-refractivity contribution >= 4 is 21.6 Å². The van der Waals surface area contributed by atoms with Crippen molar-refractivity contribution in [3.63, 3.8) is 0 Å². The SMILES string of the molecule is CN(C(=O)c1cccc(S(=O)(=O)N(C)C2CCCCC2)c1)c1ccccc1. The van der Waals surface area contributed by atoms with E-state index in [4.69, 9.17) is 0 Å². The molecule has 3 rings (SSSR count). The lowest BCUT2D eigenvalue weighted by Gasteiger charge is -2.30. The summed E-state index contributed by atoms with van der Waals surface area (Å²) < 4.78 is 27.6. The molecule has 0 heterocycles. The van der Waals surface area contributed by atoms with E-state index in [1.54, 1.807) is 32.3 Å². The molecule has 27 heavy (non-hydrogen) atoms. The summed E-state index contributed by atoms with van der Waals surface area (Å²) in [5.74, 6) is -0.237. The molecule has 6 heteroatoms. The summed E-state index contributed by atoms with van der Waals surface area (Å²) in [5.41, 5.74) is 1.12. The van der Waals surface area contributed by atoms with E-state index in [1.165, 1.54) is 21.7 Å². The van der Waals surface area contributed by atoms with Crippen LogP contribution in [-0.4, -0.2) is 38.8 Å². The van der Waals surface area contributed by atoms with Gasteiger partial charge >= 0.3 is 0 Å². The van der Waals surface area contributed by atoms with E-state index in [2.05, 4.69) is 0 Å². The lowest BCUT2D eigenvalue weighted by atomic mass is 9.96. The summed E-state index contributed by atoms with van der Waals surface area (Å²) in [5, 5.41) is 0. The molecular weight excluding hydrogens is 360 g/mol. The van der Waals surface area contributed by atoms with Crippen LogP contribution in [-0.2, 0) is 10.0 Å². The second-order valence-electron chi connectivity index (χ2n) is 7.04. The van der Waals surface area contributed by atoms with Gasteiger partial charge in [0, 0.05) is 31.4 Å². The normalized spacial score (nSPS) is 15.7. The largest absolute Gasteiger partial charge is 0.311 e. The van der Waals surface area contributed by atoms with Crippen LogP contribution < -0.4 is 4.90 Å². The summed E-state index contributed by atoms with van der Waals surface area (Å²) in [6.45, 7) is 0. The Balaban J connectivity index is 1.85. The lowest BCUT2D eigenvalue weighted by molar-refractivity contribution is 0.0993. The Morgan fingerprint density at radius 1 is 0.926 bits per heavy atom. The van der Waals surface area contributed by atoms with Gasteiger partial charge in [0.1, 0.15) is 0 Å². The molecule has 0 aliphatic heterocycles. The Kier molecular flexibility index (Phi) is 5.97. The van der Waals surface area contributed by atoms with Gasteiger partial charge < -0.3 is 4.90 Å². The van der Waals surface area contributed by atoms with Crippen LogP contribution in [0.1, 0.15) is 42.5 Å². The second kappa shape index (κ2) is 8.23. The van der Waals surface area contributed by atoms with Gasteiger partial charge in [-0.1, -0.05) is 43.5 Å². The first-order valence-electron chi connectivity index (χ1n) is 9.32. The van der Waals surface area contributed by atoms with E-state index in [1.807, 2.05) is 30.3 Å². The highest BCUT2D eigenvalue weighted by Gasteiger charge is 2.29. The van der Waals surface area contributed by atoms with E-state index in [-0.39, 0.29) is 16.8 Å². The minimum absolute atomic E-state index is 0.0371. The van der Waals surface area contributed by atoms with Gasteiger partial charge in [-0.15, -0.1) is 0 Å². The van der Waals surface area contributed by atoms with Crippen LogP contribution in [0, 0.1) is 0 Å². The molecule has 2 aromatic rings. The van der Waals surface area contributed by atoms with Crippen molar-refractivity contribution in [2.75, 3.05) is 19.0 Å². The number of nitrogens with zero attached hydrogens (tertiary/aromatic N) is 2. The van der Waals surface area contributed by atoms with Gasteiger partial charge in [0.2, 0.25) is 10.0 Å². The molecule has 1 aliphatic carbocycles. The number of carbonyl (C=O) groups is 1. The van der Waals surface area contributed by atoms with Crippen molar-refractivity contribution in [2.24, 2.45) is 0 Å². The Hall–Kier alpha value is -2.18. The summed E-state index contributed by atoms with van der Waals surface area (Å²) in [6, 6.07) is 15.7. The van der Waals surface area contributed by atoms with E-state index in [0.717, 1.165) is 31.4 Å². The first kappa shape index (κ1) is 19.6. The van der Waals surface area contributed by atoms with Crippen LogP contribution in [0.15, 0.2) is 59.5 Å². The summed E-state index contributed by atoms with van der Waals surface area (Å²) >= 11 is 0. The molecular formula is C21H26N2O3S.